The fourth-order valence-corrected chi connectivity index (χ4v) is 3.95. The topological polar surface area (TPSA) is 64.2 Å². The van der Waals surface area contributed by atoms with Gasteiger partial charge in [-0.15, -0.1) is 0 Å². The average Bonchev–Trinajstić information content (AvgIpc) is 2.92. The van der Waals surface area contributed by atoms with Crippen molar-refractivity contribution in [3.63, 3.8) is 0 Å². The molecular formula is C22H29ClN4O3. The van der Waals surface area contributed by atoms with Crippen LogP contribution >= 0.6 is 11.6 Å². The maximum atomic E-state index is 12.5. The second kappa shape index (κ2) is 10.6. The zero-order valence-corrected chi connectivity index (χ0v) is 18.2. The van der Waals surface area contributed by atoms with Crippen molar-refractivity contribution in [3.8, 4) is 0 Å². The van der Waals surface area contributed by atoms with Crippen LogP contribution in [-0.4, -0.2) is 96.2 Å². The van der Waals surface area contributed by atoms with Crippen LogP contribution in [0.3, 0.4) is 0 Å². The summed E-state index contributed by atoms with van der Waals surface area (Å²) in [5.74, 6) is 0.114. The molecule has 0 saturated carbocycles. The molecule has 0 atom stereocenters. The van der Waals surface area contributed by atoms with Crippen LogP contribution in [0, 0.1) is 0 Å². The van der Waals surface area contributed by atoms with Gasteiger partial charge < -0.3 is 14.7 Å². The molecule has 0 N–H and O–H groups in total. The summed E-state index contributed by atoms with van der Waals surface area (Å²) in [6, 6.07) is 7.32. The standard InChI is InChI=1S/C22H29ClN4O3/c1-18(28)25-12-9-24(10-13-25)11-14-27-16-15-26(8-7-22(27)30)21(29)6-5-19-3-2-4-20(23)17-19/h2-6,17H,7-16H2,1H3. The molecule has 7 nitrogen and oxygen atoms in total. The van der Waals surface area contributed by atoms with Gasteiger partial charge in [0.05, 0.1) is 0 Å². The highest BCUT2D eigenvalue weighted by atomic mass is 35.5. The van der Waals surface area contributed by atoms with Gasteiger partial charge in [0.1, 0.15) is 0 Å². The van der Waals surface area contributed by atoms with Gasteiger partial charge in [-0.1, -0.05) is 23.7 Å². The fraction of sp³-hybridized carbons (Fsp3) is 0.500. The van der Waals surface area contributed by atoms with Gasteiger partial charge in [-0.25, -0.2) is 0 Å². The van der Waals surface area contributed by atoms with E-state index in [2.05, 4.69) is 4.90 Å². The van der Waals surface area contributed by atoms with Crippen LogP contribution in [0.25, 0.3) is 6.08 Å². The maximum Gasteiger partial charge on any atom is 0.246 e. The summed E-state index contributed by atoms with van der Waals surface area (Å²) in [7, 11) is 0. The molecule has 2 fully saturated rings. The molecule has 3 rings (SSSR count). The number of hydrogen-bond donors (Lipinski definition) is 0. The largest absolute Gasteiger partial charge is 0.340 e. The number of rotatable bonds is 5. The molecule has 0 unspecified atom stereocenters. The Morgan fingerprint density at radius 2 is 1.73 bits per heavy atom. The summed E-state index contributed by atoms with van der Waals surface area (Å²) in [5.41, 5.74) is 0.869. The van der Waals surface area contributed by atoms with E-state index in [4.69, 9.17) is 11.6 Å². The lowest BCUT2D eigenvalue weighted by molar-refractivity contribution is -0.131. The summed E-state index contributed by atoms with van der Waals surface area (Å²) in [5, 5.41) is 0.628. The molecule has 2 saturated heterocycles. The molecule has 0 aromatic heterocycles. The van der Waals surface area contributed by atoms with Crippen molar-refractivity contribution in [2.45, 2.75) is 13.3 Å². The first-order valence-electron chi connectivity index (χ1n) is 10.4. The van der Waals surface area contributed by atoms with Gasteiger partial charge in [0, 0.05) is 83.3 Å². The first kappa shape index (κ1) is 22.3. The van der Waals surface area contributed by atoms with E-state index < -0.39 is 0 Å². The summed E-state index contributed by atoms with van der Waals surface area (Å²) in [6.07, 6.45) is 3.63. The predicted molar refractivity (Wildman–Crippen MR) is 117 cm³/mol. The van der Waals surface area contributed by atoms with Gasteiger partial charge in [0.2, 0.25) is 17.7 Å². The van der Waals surface area contributed by atoms with Crippen LogP contribution in [0.5, 0.6) is 0 Å². The second-order valence-electron chi connectivity index (χ2n) is 7.69. The Morgan fingerprint density at radius 3 is 2.43 bits per heavy atom. The van der Waals surface area contributed by atoms with Gasteiger partial charge in [0.15, 0.2) is 0 Å². The zero-order valence-electron chi connectivity index (χ0n) is 17.4. The van der Waals surface area contributed by atoms with Gasteiger partial charge in [-0.3, -0.25) is 19.3 Å². The molecule has 0 radical (unpaired) electrons. The Bertz CT molecular complexity index is 805. The monoisotopic (exact) mass is 432 g/mol. The molecular weight excluding hydrogens is 404 g/mol. The predicted octanol–water partition coefficient (Wildman–Crippen LogP) is 1.58. The Morgan fingerprint density at radius 1 is 1.00 bits per heavy atom. The Hall–Kier alpha value is -2.38. The molecule has 8 heteroatoms. The average molecular weight is 433 g/mol. The molecule has 0 aliphatic carbocycles. The van der Waals surface area contributed by atoms with Crippen molar-refractivity contribution in [1.82, 2.24) is 19.6 Å². The first-order chi connectivity index (χ1) is 14.4. The van der Waals surface area contributed by atoms with E-state index in [0.29, 0.717) is 37.6 Å². The van der Waals surface area contributed by atoms with Crippen LogP contribution in [0.15, 0.2) is 30.3 Å². The van der Waals surface area contributed by atoms with Crippen molar-refractivity contribution < 1.29 is 14.4 Å². The van der Waals surface area contributed by atoms with E-state index in [0.717, 1.165) is 38.3 Å². The van der Waals surface area contributed by atoms with E-state index in [1.54, 1.807) is 36.1 Å². The van der Waals surface area contributed by atoms with Crippen molar-refractivity contribution >= 4 is 35.4 Å². The normalized spacial score (nSPS) is 18.7. The van der Waals surface area contributed by atoms with Gasteiger partial charge >= 0.3 is 0 Å². The van der Waals surface area contributed by atoms with E-state index >= 15 is 0 Å². The Kier molecular flexibility index (Phi) is 7.87. The molecule has 3 amide bonds. The first-order valence-corrected chi connectivity index (χ1v) is 10.8. The highest BCUT2D eigenvalue weighted by Crippen LogP contribution is 2.13. The number of piperazine rings is 1. The number of halogens is 1. The van der Waals surface area contributed by atoms with Crippen molar-refractivity contribution in [3.05, 3.63) is 40.9 Å². The van der Waals surface area contributed by atoms with Crippen molar-refractivity contribution in [2.75, 3.05) is 58.9 Å². The SMILES string of the molecule is CC(=O)N1CCN(CCN2CCN(C(=O)C=Cc3cccc(Cl)c3)CCC2=O)CC1. The van der Waals surface area contributed by atoms with E-state index in [-0.39, 0.29) is 17.7 Å². The van der Waals surface area contributed by atoms with Gasteiger partial charge in [0.25, 0.3) is 0 Å². The van der Waals surface area contributed by atoms with Crippen molar-refractivity contribution in [1.29, 1.82) is 0 Å². The lowest BCUT2D eigenvalue weighted by Gasteiger charge is -2.35. The molecule has 1 aromatic carbocycles. The van der Waals surface area contributed by atoms with Crippen LogP contribution < -0.4 is 0 Å². The third-order valence-corrected chi connectivity index (χ3v) is 5.91. The number of hydrogen-bond acceptors (Lipinski definition) is 4. The quantitative estimate of drug-likeness (QED) is 0.663. The van der Waals surface area contributed by atoms with Gasteiger partial charge in [-0.2, -0.15) is 0 Å². The third kappa shape index (κ3) is 6.31. The van der Waals surface area contributed by atoms with E-state index in [1.165, 1.54) is 0 Å². The summed E-state index contributed by atoms with van der Waals surface area (Å²) < 4.78 is 0. The number of nitrogens with zero attached hydrogens (tertiary/aromatic N) is 4. The molecule has 2 aliphatic rings. The fourth-order valence-electron chi connectivity index (χ4n) is 3.76. The molecule has 162 valence electrons. The molecule has 30 heavy (non-hydrogen) atoms. The molecule has 1 aromatic rings. The Balaban J connectivity index is 1.46. The van der Waals surface area contributed by atoms with Crippen molar-refractivity contribution in [2.24, 2.45) is 0 Å². The van der Waals surface area contributed by atoms with Crippen LogP contribution in [0.1, 0.15) is 18.9 Å². The maximum absolute atomic E-state index is 12.5. The Labute approximate surface area is 182 Å². The third-order valence-electron chi connectivity index (χ3n) is 5.67. The number of amides is 3. The minimum Gasteiger partial charge on any atom is -0.340 e. The minimum absolute atomic E-state index is 0.0893. The molecule has 2 aliphatic heterocycles. The van der Waals surface area contributed by atoms with Gasteiger partial charge in [-0.05, 0) is 23.8 Å². The number of benzene rings is 1. The van der Waals surface area contributed by atoms with Crippen LogP contribution in [0.2, 0.25) is 5.02 Å². The molecule has 2 heterocycles. The summed E-state index contributed by atoms with van der Waals surface area (Å²) >= 11 is 5.98. The minimum atomic E-state index is -0.0926. The van der Waals surface area contributed by atoms with E-state index in [9.17, 15) is 14.4 Å². The lowest BCUT2D eigenvalue weighted by atomic mass is 10.2. The van der Waals surface area contributed by atoms with Crippen LogP contribution in [0.4, 0.5) is 0 Å². The number of carbonyl (C=O) groups excluding carboxylic acids is 3. The second-order valence-corrected chi connectivity index (χ2v) is 8.13. The molecule has 0 bridgehead atoms. The lowest BCUT2D eigenvalue weighted by Crippen LogP contribution is -2.50. The smallest absolute Gasteiger partial charge is 0.246 e. The highest BCUT2D eigenvalue weighted by molar-refractivity contribution is 6.30. The molecule has 0 spiro atoms. The number of carbonyl (C=O) groups is 3. The highest BCUT2D eigenvalue weighted by Gasteiger charge is 2.24. The summed E-state index contributed by atoms with van der Waals surface area (Å²) in [6.45, 7) is 7.70. The summed E-state index contributed by atoms with van der Waals surface area (Å²) in [4.78, 5) is 44.2. The van der Waals surface area contributed by atoms with Crippen LogP contribution in [-0.2, 0) is 14.4 Å². The van der Waals surface area contributed by atoms with E-state index in [1.807, 2.05) is 21.9 Å². The zero-order chi connectivity index (χ0) is 21.5.